The van der Waals surface area contributed by atoms with E-state index in [0.29, 0.717) is 6.42 Å². The summed E-state index contributed by atoms with van der Waals surface area (Å²) in [4.78, 5) is 12.8. The maximum absolute atomic E-state index is 11.8. The van der Waals surface area contributed by atoms with Crippen molar-refractivity contribution in [3.63, 3.8) is 0 Å². The number of hydrogen-bond donors (Lipinski definition) is 0. The SMILES string of the molecule is COC(C(=O)Cc1ccc(Cl)s1)C(C)C. The van der Waals surface area contributed by atoms with Gasteiger partial charge in [-0.3, -0.25) is 4.79 Å². The van der Waals surface area contributed by atoms with Crippen LogP contribution >= 0.6 is 22.9 Å². The van der Waals surface area contributed by atoms with Gasteiger partial charge >= 0.3 is 0 Å². The molecule has 0 saturated heterocycles. The Morgan fingerprint density at radius 3 is 2.60 bits per heavy atom. The van der Waals surface area contributed by atoms with Crippen LogP contribution in [-0.2, 0) is 16.0 Å². The Morgan fingerprint density at radius 1 is 1.53 bits per heavy atom. The lowest BCUT2D eigenvalue weighted by Gasteiger charge is -2.17. The molecule has 0 amide bonds. The third-order valence-corrected chi connectivity index (χ3v) is 3.39. The van der Waals surface area contributed by atoms with Gasteiger partial charge in [-0.15, -0.1) is 11.3 Å². The summed E-state index contributed by atoms with van der Waals surface area (Å²) in [7, 11) is 1.57. The zero-order chi connectivity index (χ0) is 11.4. The molecule has 1 atom stereocenters. The van der Waals surface area contributed by atoms with Crippen LogP contribution in [0, 0.1) is 5.92 Å². The topological polar surface area (TPSA) is 26.3 Å². The van der Waals surface area contributed by atoms with E-state index >= 15 is 0 Å². The molecule has 1 unspecified atom stereocenters. The van der Waals surface area contributed by atoms with Crippen LogP contribution in [0.4, 0.5) is 0 Å². The van der Waals surface area contributed by atoms with Crippen LogP contribution in [-0.4, -0.2) is 19.0 Å². The summed E-state index contributed by atoms with van der Waals surface area (Å²) in [6, 6.07) is 3.70. The minimum atomic E-state index is -0.314. The molecule has 0 spiro atoms. The van der Waals surface area contributed by atoms with Gasteiger partial charge in [-0.25, -0.2) is 0 Å². The molecule has 1 heterocycles. The molecule has 84 valence electrons. The maximum Gasteiger partial charge on any atom is 0.166 e. The third-order valence-electron chi connectivity index (χ3n) is 2.15. The number of ketones is 1. The fourth-order valence-corrected chi connectivity index (χ4v) is 2.59. The highest BCUT2D eigenvalue weighted by Gasteiger charge is 2.21. The molecule has 2 nitrogen and oxygen atoms in total. The fourth-order valence-electron chi connectivity index (χ4n) is 1.49. The Labute approximate surface area is 99.2 Å². The molecule has 4 heteroatoms. The average molecular weight is 247 g/mol. The normalized spacial score (nSPS) is 13.1. The van der Waals surface area contributed by atoms with Gasteiger partial charge in [-0.05, 0) is 18.1 Å². The molecule has 15 heavy (non-hydrogen) atoms. The molecular weight excluding hydrogens is 232 g/mol. The molecule has 1 aromatic rings. The lowest BCUT2D eigenvalue weighted by Crippen LogP contribution is -2.29. The van der Waals surface area contributed by atoms with Gasteiger partial charge < -0.3 is 4.74 Å². The Hall–Kier alpha value is -0.380. The lowest BCUT2D eigenvalue weighted by atomic mass is 10.0. The highest BCUT2D eigenvalue weighted by Crippen LogP contribution is 2.23. The first-order valence-electron chi connectivity index (χ1n) is 4.84. The first-order valence-corrected chi connectivity index (χ1v) is 6.03. The van der Waals surface area contributed by atoms with Crippen molar-refractivity contribution in [1.29, 1.82) is 0 Å². The molecule has 1 rings (SSSR count). The van der Waals surface area contributed by atoms with Crippen LogP contribution in [0.1, 0.15) is 18.7 Å². The Bertz CT molecular complexity index is 333. The summed E-state index contributed by atoms with van der Waals surface area (Å²) in [6.07, 6.45) is 0.0968. The second-order valence-corrected chi connectivity index (χ2v) is 5.55. The van der Waals surface area contributed by atoms with Crippen molar-refractivity contribution >= 4 is 28.7 Å². The van der Waals surface area contributed by atoms with Gasteiger partial charge in [-0.2, -0.15) is 0 Å². The highest BCUT2D eigenvalue weighted by molar-refractivity contribution is 7.16. The number of hydrogen-bond acceptors (Lipinski definition) is 3. The highest BCUT2D eigenvalue weighted by atomic mass is 35.5. The van der Waals surface area contributed by atoms with Crippen LogP contribution < -0.4 is 0 Å². The van der Waals surface area contributed by atoms with E-state index in [-0.39, 0.29) is 17.8 Å². The summed E-state index contributed by atoms with van der Waals surface area (Å²) >= 11 is 7.24. The molecule has 0 aliphatic rings. The van der Waals surface area contributed by atoms with Gasteiger partial charge in [0.05, 0.1) is 4.34 Å². The van der Waals surface area contributed by atoms with Gasteiger partial charge in [0, 0.05) is 18.4 Å². The number of ether oxygens (including phenoxy) is 1. The molecule has 1 aromatic heterocycles. The molecule has 0 radical (unpaired) electrons. The standard InChI is InChI=1S/C11H15ClO2S/c1-7(2)11(14-3)9(13)6-8-4-5-10(12)15-8/h4-5,7,11H,6H2,1-3H3. The number of rotatable bonds is 5. The van der Waals surface area contributed by atoms with E-state index in [9.17, 15) is 4.79 Å². The molecule has 0 aliphatic carbocycles. The molecule has 0 aromatic carbocycles. The lowest BCUT2D eigenvalue weighted by molar-refractivity contribution is -0.130. The van der Waals surface area contributed by atoms with Gasteiger partial charge in [0.25, 0.3) is 0 Å². The summed E-state index contributed by atoms with van der Waals surface area (Å²) in [5.41, 5.74) is 0. The van der Waals surface area contributed by atoms with Crippen molar-refractivity contribution in [3.8, 4) is 0 Å². The van der Waals surface area contributed by atoms with Crippen molar-refractivity contribution < 1.29 is 9.53 Å². The molecule has 0 aliphatic heterocycles. The van der Waals surface area contributed by atoms with Crippen LogP contribution in [0.3, 0.4) is 0 Å². The van der Waals surface area contributed by atoms with Crippen molar-refractivity contribution in [2.45, 2.75) is 26.4 Å². The second-order valence-electron chi connectivity index (χ2n) is 3.75. The summed E-state index contributed by atoms with van der Waals surface area (Å²) in [5, 5.41) is 0. The number of thiophene rings is 1. The Balaban J connectivity index is 2.62. The maximum atomic E-state index is 11.8. The second kappa shape index (κ2) is 5.64. The van der Waals surface area contributed by atoms with Gasteiger partial charge in [0.2, 0.25) is 0 Å². The summed E-state index contributed by atoms with van der Waals surface area (Å²) in [5.74, 6) is 0.323. The van der Waals surface area contributed by atoms with Gasteiger partial charge in [-0.1, -0.05) is 25.4 Å². The minimum absolute atomic E-state index is 0.117. The largest absolute Gasteiger partial charge is 0.373 e. The van der Waals surface area contributed by atoms with Gasteiger partial charge in [0.15, 0.2) is 5.78 Å². The number of carbonyl (C=O) groups is 1. The molecule has 0 N–H and O–H groups in total. The van der Waals surface area contributed by atoms with Crippen molar-refractivity contribution in [2.24, 2.45) is 5.92 Å². The van der Waals surface area contributed by atoms with E-state index in [4.69, 9.17) is 16.3 Å². The minimum Gasteiger partial charge on any atom is -0.373 e. The smallest absolute Gasteiger partial charge is 0.166 e. The Morgan fingerprint density at radius 2 is 2.20 bits per heavy atom. The van der Waals surface area contributed by atoms with E-state index in [2.05, 4.69) is 0 Å². The van der Waals surface area contributed by atoms with Crippen molar-refractivity contribution in [3.05, 3.63) is 21.3 Å². The van der Waals surface area contributed by atoms with Gasteiger partial charge in [0.1, 0.15) is 6.10 Å². The molecule has 0 saturated carbocycles. The van der Waals surface area contributed by atoms with Crippen LogP contribution in [0.2, 0.25) is 4.34 Å². The average Bonchev–Trinajstić information content (AvgIpc) is 2.51. The number of methoxy groups -OCH3 is 1. The first-order chi connectivity index (χ1) is 7.04. The molecule has 0 bridgehead atoms. The number of halogens is 1. The predicted molar refractivity (Wildman–Crippen MR) is 63.7 cm³/mol. The van der Waals surface area contributed by atoms with Crippen LogP contribution in [0.15, 0.2) is 12.1 Å². The number of carbonyl (C=O) groups excluding carboxylic acids is 1. The first kappa shape index (κ1) is 12.7. The zero-order valence-electron chi connectivity index (χ0n) is 9.12. The van der Waals surface area contributed by atoms with Crippen LogP contribution in [0.25, 0.3) is 0 Å². The third kappa shape index (κ3) is 3.59. The van der Waals surface area contributed by atoms with E-state index < -0.39 is 0 Å². The van der Waals surface area contributed by atoms with Crippen molar-refractivity contribution in [2.75, 3.05) is 7.11 Å². The van der Waals surface area contributed by atoms with E-state index in [0.717, 1.165) is 9.21 Å². The predicted octanol–water partition coefficient (Wildman–Crippen LogP) is 3.18. The zero-order valence-corrected chi connectivity index (χ0v) is 10.7. The fraction of sp³-hybridized carbons (Fsp3) is 0.545. The van der Waals surface area contributed by atoms with E-state index in [1.807, 2.05) is 26.0 Å². The van der Waals surface area contributed by atoms with Crippen LogP contribution in [0.5, 0.6) is 0 Å². The van der Waals surface area contributed by atoms with E-state index in [1.54, 1.807) is 7.11 Å². The quantitative estimate of drug-likeness (QED) is 0.798. The summed E-state index contributed by atoms with van der Waals surface area (Å²) in [6.45, 7) is 3.96. The number of Topliss-reactive ketones (excluding diaryl/α,β-unsaturated/α-hetero) is 1. The molecule has 0 fully saturated rings. The summed E-state index contributed by atoms with van der Waals surface area (Å²) < 4.78 is 5.89. The molecular formula is C11H15ClO2S. The van der Waals surface area contributed by atoms with Crippen molar-refractivity contribution in [1.82, 2.24) is 0 Å². The van der Waals surface area contributed by atoms with E-state index in [1.165, 1.54) is 11.3 Å². The Kier molecular flexibility index (Phi) is 4.77. The monoisotopic (exact) mass is 246 g/mol.